The first-order valence-corrected chi connectivity index (χ1v) is 8.08. The molecule has 0 amide bonds. The Balaban J connectivity index is 2.23. The zero-order valence-corrected chi connectivity index (χ0v) is 12.4. The van der Waals surface area contributed by atoms with Crippen LogP contribution < -0.4 is 5.32 Å². The number of alkyl halides is 3. The molecule has 0 spiro atoms. The molecule has 124 valence electrons. The number of rotatable bonds is 3. The molecule has 1 atom stereocenters. The van der Waals surface area contributed by atoms with Crippen LogP contribution in [0.15, 0.2) is 40.3 Å². The van der Waals surface area contributed by atoms with E-state index < -0.39 is 33.8 Å². The molecule has 10 heteroatoms. The minimum absolute atomic E-state index is 0.0646. The Labute approximate surface area is 129 Å². The summed E-state index contributed by atoms with van der Waals surface area (Å²) in [6, 6.07) is 6.12. The highest BCUT2D eigenvalue weighted by Gasteiger charge is 2.44. The van der Waals surface area contributed by atoms with Crippen molar-refractivity contribution < 1.29 is 26.7 Å². The lowest BCUT2D eigenvalue weighted by Crippen LogP contribution is -2.26. The number of hydrogen-bond acceptors (Lipinski definition) is 5. The maximum Gasteiger partial charge on any atom is 0.504 e. The van der Waals surface area contributed by atoms with E-state index in [4.69, 9.17) is 0 Å². The Morgan fingerprint density at radius 3 is 2.52 bits per heavy atom. The monoisotopic (exact) mass is 347 g/mol. The Bertz CT molecular complexity index is 831. The molecule has 0 fully saturated rings. The summed E-state index contributed by atoms with van der Waals surface area (Å²) in [5.74, 6) is 0. The highest BCUT2D eigenvalue weighted by Crippen LogP contribution is 2.37. The van der Waals surface area contributed by atoms with E-state index in [1.54, 1.807) is 6.07 Å². The summed E-state index contributed by atoms with van der Waals surface area (Å²) in [5, 5.41) is 14.5. The van der Waals surface area contributed by atoms with Crippen LogP contribution in [-0.2, 0) is 22.7 Å². The molecule has 1 aliphatic heterocycles. The number of aliphatic hydroxyl groups excluding tert-OH is 1. The van der Waals surface area contributed by atoms with Crippen LogP contribution in [0.5, 0.6) is 0 Å². The van der Waals surface area contributed by atoms with Crippen molar-refractivity contribution in [3.8, 4) is 0 Å². The molecule has 2 N–H and O–H groups in total. The number of fused-ring (bicyclic) bond motifs is 1. The average Bonchev–Trinajstić information content (AvgIpc) is 3.06. The van der Waals surface area contributed by atoms with Crippen molar-refractivity contribution in [1.82, 2.24) is 15.1 Å². The number of aromatic nitrogens is 2. The van der Waals surface area contributed by atoms with Crippen LogP contribution in [0.2, 0.25) is 0 Å². The van der Waals surface area contributed by atoms with Gasteiger partial charge in [-0.1, -0.05) is 18.2 Å². The fourth-order valence-electron chi connectivity index (χ4n) is 2.56. The number of hydrogen-bond donors (Lipinski definition) is 2. The normalized spacial score (nSPS) is 18.2. The fourth-order valence-corrected chi connectivity index (χ4v) is 3.99. The largest absolute Gasteiger partial charge is 0.504 e. The van der Waals surface area contributed by atoms with E-state index >= 15 is 0 Å². The van der Waals surface area contributed by atoms with Crippen LogP contribution in [0, 0.1) is 0 Å². The van der Waals surface area contributed by atoms with Crippen molar-refractivity contribution in [3.63, 3.8) is 0 Å². The number of aliphatic hydroxyl groups is 1. The second kappa shape index (κ2) is 5.32. The maximum absolute atomic E-state index is 13.2. The summed E-state index contributed by atoms with van der Waals surface area (Å²) in [6.07, 6.45) is -4.88. The summed E-state index contributed by atoms with van der Waals surface area (Å²) in [4.78, 5) is -0.137. The third-order valence-electron chi connectivity index (χ3n) is 3.57. The first kappa shape index (κ1) is 16.0. The molecule has 1 unspecified atom stereocenters. The molecule has 0 aliphatic carbocycles. The van der Waals surface area contributed by atoms with Crippen LogP contribution in [0.4, 0.5) is 13.2 Å². The van der Waals surface area contributed by atoms with Crippen LogP contribution in [0.1, 0.15) is 17.3 Å². The minimum atomic E-state index is -4.88. The first-order valence-electron chi connectivity index (χ1n) is 6.60. The van der Waals surface area contributed by atoms with Crippen molar-refractivity contribution in [2.45, 2.75) is 28.8 Å². The third kappa shape index (κ3) is 2.52. The zero-order chi connectivity index (χ0) is 16.8. The molecule has 3 rings (SSSR count). The Morgan fingerprint density at radius 2 is 1.96 bits per heavy atom. The van der Waals surface area contributed by atoms with E-state index in [1.807, 2.05) is 0 Å². The fraction of sp³-hybridized carbons (Fsp3) is 0.308. The van der Waals surface area contributed by atoms with Crippen molar-refractivity contribution in [3.05, 3.63) is 41.6 Å². The van der Waals surface area contributed by atoms with E-state index in [-0.39, 0.29) is 27.4 Å². The Hall–Kier alpha value is -1.91. The van der Waals surface area contributed by atoms with Crippen molar-refractivity contribution >= 4 is 9.84 Å². The maximum atomic E-state index is 13.2. The summed E-state index contributed by atoms with van der Waals surface area (Å²) in [7, 11) is -4.19. The number of sulfone groups is 1. The standard InChI is InChI=1S/C13H12F3N3O3S/c14-13(15,16)19-11-9(6-17-10(11)7-20)12(18-19)23(21,22)8-4-2-1-3-5-8/h1-5,10,17,20H,6-7H2. The highest BCUT2D eigenvalue weighted by atomic mass is 32.2. The van der Waals surface area contributed by atoms with Gasteiger partial charge in [-0.3, -0.25) is 0 Å². The molecule has 0 saturated carbocycles. The molecule has 0 saturated heterocycles. The van der Waals surface area contributed by atoms with Crippen molar-refractivity contribution in [2.24, 2.45) is 0 Å². The average molecular weight is 347 g/mol. The van der Waals surface area contributed by atoms with Gasteiger partial charge < -0.3 is 10.4 Å². The zero-order valence-electron chi connectivity index (χ0n) is 11.6. The lowest BCUT2D eigenvalue weighted by Gasteiger charge is -2.14. The number of nitrogens with one attached hydrogen (secondary N) is 1. The van der Waals surface area contributed by atoms with Gasteiger partial charge >= 0.3 is 6.30 Å². The van der Waals surface area contributed by atoms with Crippen LogP contribution in [0.25, 0.3) is 0 Å². The molecule has 1 aliphatic rings. The van der Waals surface area contributed by atoms with Gasteiger partial charge in [-0.05, 0) is 12.1 Å². The van der Waals surface area contributed by atoms with Gasteiger partial charge in [-0.2, -0.15) is 9.78 Å². The molecule has 1 aromatic heterocycles. The van der Waals surface area contributed by atoms with E-state index in [1.165, 1.54) is 24.3 Å². The third-order valence-corrected chi connectivity index (χ3v) is 5.30. The van der Waals surface area contributed by atoms with E-state index in [2.05, 4.69) is 10.4 Å². The van der Waals surface area contributed by atoms with Gasteiger partial charge in [0.15, 0.2) is 5.03 Å². The van der Waals surface area contributed by atoms with E-state index in [0.29, 0.717) is 0 Å². The SMILES string of the molecule is O=S(=O)(c1ccccc1)c1nn(C(F)(F)F)c2c1CNC2CO. The molecule has 2 aromatic rings. The van der Waals surface area contributed by atoms with Crippen LogP contribution >= 0.6 is 0 Å². The Kier molecular flexibility index (Phi) is 3.69. The first-order chi connectivity index (χ1) is 10.8. The van der Waals surface area contributed by atoms with Gasteiger partial charge in [0.05, 0.1) is 23.2 Å². The second-order valence-electron chi connectivity index (χ2n) is 4.98. The molecular weight excluding hydrogens is 335 g/mol. The number of benzene rings is 1. The minimum Gasteiger partial charge on any atom is -0.394 e. The predicted octanol–water partition coefficient (Wildman–Crippen LogP) is 1.33. The molecule has 0 radical (unpaired) electrons. The summed E-state index contributed by atoms with van der Waals surface area (Å²) >= 11 is 0. The molecule has 0 bridgehead atoms. The predicted molar refractivity (Wildman–Crippen MR) is 72.1 cm³/mol. The van der Waals surface area contributed by atoms with E-state index in [9.17, 15) is 26.7 Å². The lowest BCUT2D eigenvalue weighted by atomic mass is 10.2. The van der Waals surface area contributed by atoms with Crippen molar-refractivity contribution in [1.29, 1.82) is 0 Å². The molecule has 23 heavy (non-hydrogen) atoms. The summed E-state index contributed by atoms with van der Waals surface area (Å²) in [6.45, 7) is -0.711. The molecule has 2 heterocycles. The Morgan fingerprint density at radius 1 is 1.30 bits per heavy atom. The quantitative estimate of drug-likeness (QED) is 0.875. The summed E-state index contributed by atoms with van der Waals surface area (Å²) < 4.78 is 64.4. The number of nitrogens with zero attached hydrogens (tertiary/aromatic N) is 2. The topological polar surface area (TPSA) is 84.2 Å². The van der Waals surface area contributed by atoms with Crippen LogP contribution in [0.3, 0.4) is 0 Å². The molecular formula is C13H12F3N3O3S. The lowest BCUT2D eigenvalue weighted by molar-refractivity contribution is -0.214. The van der Waals surface area contributed by atoms with Crippen molar-refractivity contribution in [2.75, 3.05) is 6.61 Å². The van der Waals surface area contributed by atoms with Gasteiger partial charge in [0.25, 0.3) is 0 Å². The molecule has 6 nitrogen and oxygen atoms in total. The van der Waals surface area contributed by atoms with Gasteiger partial charge in [-0.15, -0.1) is 13.2 Å². The summed E-state index contributed by atoms with van der Waals surface area (Å²) in [5.41, 5.74) is -0.431. The molecule has 1 aromatic carbocycles. The second-order valence-corrected chi connectivity index (χ2v) is 6.85. The highest BCUT2D eigenvalue weighted by molar-refractivity contribution is 7.91. The number of halogens is 3. The van der Waals surface area contributed by atoms with Gasteiger partial charge in [0, 0.05) is 12.1 Å². The van der Waals surface area contributed by atoms with Gasteiger partial charge in [-0.25, -0.2) is 8.42 Å². The van der Waals surface area contributed by atoms with Crippen LogP contribution in [-0.4, -0.2) is 29.9 Å². The van der Waals surface area contributed by atoms with E-state index in [0.717, 1.165) is 0 Å². The smallest absolute Gasteiger partial charge is 0.394 e. The van der Waals surface area contributed by atoms with Gasteiger partial charge in [0.1, 0.15) is 0 Å². The van der Waals surface area contributed by atoms with Gasteiger partial charge in [0.2, 0.25) is 9.84 Å².